The fraction of sp³-hybridized carbons (Fsp3) is 0.485. The SMILES string of the molecule is C#CCN1C(=O)[C@@H](CC2(O)CCCCC2)NC(=O)C12CCN(Cc1ccc(Oc3ccc(C(=O)NC)cc3)cc1)CC2. The summed E-state index contributed by atoms with van der Waals surface area (Å²) in [6.45, 7) is 2.08. The van der Waals surface area contributed by atoms with Crippen molar-refractivity contribution in [3.63, 3.8) is 0 Å². The molecule has 3 amide bonds. The lowest BCUT2D eigenvalue weighted by Gasteiger charge is -2.51. The van der Waals surface area contributed by atoms with Crippen LogP contribution in [0.25, 0.3) is 0 Å². The molecule has 0 radical (unpaired) electrons. The van der Waals surface area contributed by atoms with Crippen LogP contribution >= 0.6 is 0 Å². The number of rotatable bonds is 8. The molecule has 2 heterocycles. The number of nitrogens with one attached hydrogen (secondary N) is 2. The molecular formula is C33H40N4O5. The van der Waals surface area contributed by atoms with Gasteiger partial charge in [0.2, 0.25) is 11.8 Å². The van der Waals surface area contributed by atoms with Gasteiger partial charge < -0.3 is 25.4 Å². The number of carbonyl (C=O) groups is 3. The van der Waals surface area contributed by atoms with Gasteiger partial charge in [0.1, 0.15) is 23.1 Å². The van der Waals surface area contributed by atoms with E-state index in [0.29, 0.717) is 62.4 Å². The van der Waals surface area contributed by atoms with E-state index in [-0.39, 0.29) is 30.7 Å². The number of ether oxygens (including phenoxy) is 1. The Labute approximate surface area is 247 Å². The van der Waals surface area contributed by atoms with Crippen molar-refractivity contribution in [3.8, 4) is 23.8 Å². The van der Waals surface area contributed by atoms with Gasteiger partial charge in [0.15, 0.2) is 0 Å². The van der Waals surface area contributed by atoms with Gasteiger partial charge in [-0.1, -0.05) is 37.3 Å². The van der Waals surface area contributed by atoms with Crippen molar-refractivity contribution in [1.29, 1.82) is 0 Å². The zero-order valence-electron chi connectivity index (χ0n) is 24.2. The van der Waals surface area contributed by atoms with Gasteiger partial charge in [0, 0.05) is 38.7 Å². The van der Waals surface area contributed by atoms with Crippen molar-refractivity contribution in [1.82, 2.24) is 20.4 Å². The number of hydrogen-bond donors (Lipinski definition) is 3. The molecule has 2 saturated heterocycles. The highest BCUT2D eigenvalue weighted by Gasteiger charge is 2.54. The Morgan fingerprint density at radius 1 is 1.02 bits per heavy atom. The molecule has 0 bridgehead atoms. The molecule has 1 spiro atoms. The fourth-order valence-electron chi connectivity index (χ4n) is 6.58. The lowest BCUT2D eigenvalue weighted by atomic mass is 9.77. The molecule has 3 aliphatic rings. The van der Waals surface area contributed by atoms with E-state index in [1.165, 1.54) is 0 Å². The summed E-state index contributed by atoms with van der Waals surface area (Å²) >= 11 is 0. The summed E-state index contributed by atoms with van der Waals surface area (Å²) in [5.74, 6) is 3.44. The van der Waals surface area contributed by atoms with E-state index in [0.717, 1.165) is 24.8 Å². The summed E-state index contributed by atoms with van der Waals surface area (Å²) in [6.07, 6.45) is 11.2. The summed E-state index contributed by atoms with van der Waals surface area (Å²) < 4.78 is 5.93. The summed E-state index contributed by atoms with van der Waals surface area (Å²) in [5, 5.41) is 16.6. The first-order chi connectivity index (χ1) is 20.2. The Kier molecular flexibility index (Phi) is 8.85. The summed E-state index contributed by atoms with van der Waals surface area (Å²) in [7, 11) is 1.60. The predicted octanol–water partition coefficient (Wildman–Crippen LogP) is 3.22. The molecule has 222 valence electrons. The van der Waals surface area contributed by atoms with Crippen LogP contribution in [-0.2, 0) is 16.1 Å². The average molecular weight is 573 g/mol. The number of nitrogens with zero attached hydrogens (tertiary/aromatic N) is 2. The quantitative estimate of drug-likeness (QED) is 0.419. The molecule has 1 saturated carbocycles. The van der Waals surface area contributed by atoms with Crippen LogP contribution < -0.4 is 15.4 Å². The van der Waals surface area contributed by atoms with Gasteiger partial charge in [-0.15, -0.1) is 6.42 Å². The van der Waals surface area contributed by atoms with Crippen LogP contribution in [0.3, 0.4) is 0 Å². The van der Waals surface area contributed by atoms with Crippen LogP contribution in [0.1, 0.15) is 67.3 Å². The topological polar surface area (TPSA) is 111 Å². The number of piperidine rings is 1. The minimum Gasteiger partial charge on any atom is -0.457 e. The molecule has 1 atom stereocenters. The number of aliphatic hydroxyl groups is 1. The number of carbonyl (C=O) groups excluding carboxylic acids is 3. The van der Waals surface area contributed by atoms with Crippen LogP contribution in [0, 0.1) is 12.3 Å². The highest BCUT2D eigenvalue weighted by atomic mass is 16.5. The smallest absolute Gasteiger partial charge is 0.251 e. The maximum absolute atomic E-state index is 13.6. The third-order valence-corrected chi connectivity index (χ3v) is 9.02. The van der Waals surface area contributed by atoms with Gasteiger partial charge in [0.05, 0.1) is 12.1 Å². The van der Waals surface area contributed by atoms with Crippen molar-refractivity contribution < 1.29 is 24.2 Å². The lowest BCUT2D eigenvalue weighted by molar-refractivity contribution is -0.162. The molecule has 2 aliphatic heterocycles. The molecular weight excluding hydrogens is 532 g/mol. The van der Waals surface area contributed by atoms with E-state index in [1.807, 2.05) is 24.3 Å². The second kappa shape index (κ2) is 12.6. The maximum Gasteiger partial charge on any atom is 0.251 e. The molecule has 1 aliphatic carbocycles. The van der Waals surface area contributed by atoms with Crippen LogP contribution in [0.4, 0.5) is 0 Å². The highest BCUT2D eigenvalue weighted by Crippen LogP contribution is 2.37. The maximum atomic E-state index is 13.6. The molecule has 2 aromatic carbocycles. The molecule has 42 heavy (non-hydrogen) atoms. The molecule has 3 fully saturated rings. The number of likely N-dealkylation sites (tertiary alicyclic amines) is 1. The normalized spacial score (nSPS) is 21.8. The number of terminal acetylenes is 1. The first-order valence-corrected chi connectivity index (χ1v) is 14.8. The van der Waals surface area contributed by atoms with Gasteiger partial charge in [-0.2, -0.15) is 0 Å². The van der Waals surface area contributed by atoms with Gasteiger partial charge in [-0.05, 0) is 67.6 Å². The third-order valence-electron chi connectivity index (χ3n) is 9.02. The Hall–Kier alpha value is -3.87. The Balaban J connectivity index is 1.18. The zero-order valence-corrected chi connectivity index (χ0v) is 24.2. The van der Waals surface area contributed by atoms with E-state index < -0.39 is 17.2 Å². The first-order valence-electron chi connectivity index (χ1n) is 14.8. The van der Waals surface area contributed by atoms with Crippen molar-refractivity contribution in [2.75, 3.05) is 26.7 Å². The van der Waals surface area contributed by atoms with Crippen LogP contribution in [-0.4, -0.2) is 76.5 Å². The van der Waals surface area contributed by atoms with Crippen molar-refractivity contribution in [2.24, 2.45) is 0 Å². The van der Waals surface area contributed by atoms with E-state index in [9.17, 15) is 19.5 Å². The summed E-state index contributed by atoms with van der Waals surface area (Å²) in [4.78, 5) is 42.8. The summed E-state index contributed by atoms with van der Waals surface area (Å²) in [5.41, 5.74) is -0.200. The molecule has 5 rings (SSSR count). The van der Waals surface area contributed by atoms with E-state index >= 15 is 0 Å². The second-order valence-electron chi connectivity index (χ2n) is 11.8. The third kappa shape index (κ3) is 6.30. The number of benzene rings is 2. The van der Waals surface area contributed by atoms with Crippen molar-refractivity contribution >= 4 is 17.7 Å². The van der Waals surface area contributed by atoms with Crippen LogP contribution in [0.15, 0.2) is 48.5 Å². The van der Waals surface area contributed by atoms with E-state index in [1.54, 1.807) is 36.2 Å². The second-order valence-corrected chi connectivity index (χ2v) is 11.8. The zero-order chi connectivity index (χ0) is 29.7. The number of amides is 3. The molecule has 0 unspecified atom stereocenters. The molecule has 3 N–H and O–H groups in total. The van der Waals surface area contributed by atoms with Gasteiger partial charge >= 0.3 is 0 Å². The molecule has 9 nitrogen and oxygen atoms in total. The fourth-order valence-corrected chi connectivity index (χ4v) is 6.58. The molecule has 0 aromatic heterocycles. The Bertz CT molecular complexity index is 1320. The minimum atomic E-state index is -0.962. The number of hydrogen-bond acceptors (Lipinski definition) is 6. The standard InChI is InChI=1S/C33H40N4O5/c1-3-19-37-30(39)28(22-32(41)15-5-4-6-16-32)35-31(40)33(37)17-20-36(21-18-33)23-24-7-11-26(12-8-24)42-27-13-9-25(10-14-27)29(38)34-2/h1,7-14,28,41H,4-6,15-23H2,2H3,(H,34,38)(H,35,40)/t28-/m1/s1. The van der Waals surface area contributed by atoms with E-state index in [2.05, 4.69) is 21.5 Å². The average Bonchev–Trinajstić information content (AvgIpc) is 3.00. The summed E-state index contributed by atoms with van der Waals surface area (Å²) in [6, 6.07) is 14.1. The van der Waals surface area contributed by atoms with Crippen molar-refractivity contribution in [2.45, 2.75) is 75.1 Å². The van der Waals surface area contributed by atoms with Crippen LogP contribution in [0.5, 0.6) is 11.5 Å². The predicted molar refractivity (Wildman–Crippen MR) is 159 cm³/mol. The monoisotopic (exact) mass is 572 g/mol. The lowest BCUT2D eigenvalue weighted by Crippen LogP contribution is -2.73. The number of piperazine rings is 1. The highest BCUT2D eigenvalue weighted by molar-refractivity contribution is 6.00. The van der Waals surface area contributed by atoms with Crippen molar-refractivity contribution in [3.05, 3.63) is 59.7 Å². The molecule has 2 aromatic rings. The molecule has 9 heteroatoms. The van der Waals surface area contributed by atoms with Gasteiger partial charge in [-0.25, -0.2) is 0 Å². The van der Waals surface area contributed by atoms with E-state index in [4.69, 9.17) is 11.2 Å². The first kappa shape index (κ1) is 29.6. The Morgan fingerprint density at radius 3 is 2.24 bits per heavy atom. The minimum absolute atomic E-state index is 0.0805. The Morgan fingerprint density at radius 2 is 1.64 bits per heavy atom. The van der Waals surface area contributed by atoms with Crippen LogP contribution in [0.2, 0.25) is 0 Å². The van der Waals surface area contributed by atoms with Gasteiger partial charge in [0.25, 0.3) is 5.91 Å². The van der Waals surface area contributed by atoms with Gasteiger partial charge in [-0.3, -0.25) is 19.3 Å². The largest absolute Gasteiger partial charge is 0.457 e.